The van der Waals surface area contributed by atoms with Gasteiger partial charge in [0.2, 0.25) is 5.71 Å². The lowest BCUT2D eigenvalue weighted by molar-refractivity contribution is 0.0398. The van der Waals surface area contributed by atoms with Crippen molar-refractivity contribution in [3.8, 4) is 0 Å². The van der Waals surface area contributed by atoms with E-state index in [-0.39, 0.29) is 5.41 Å². The molecule has 2 N–H and O–H groups in total. The largest absolute Gasteiger partial charge is 0.432 e. The molecule has 37 heavy (non-hydrogen) atoms. The highest BCUT2D eigenvalue weighted by atomic mass is 16.5. The molecule has 3 aliphatic rings. The maximum absolute atomic E-state index is 6.40. The van der Waals surface area contributed by atoms with Gasteiger partial charge in [0, 0.05) is 52.4 Å². The maximum atomic E-state index is 6.40. The number of pyridine rings is 1. The normalized spacial score (nSPS) is 20.8. The van der Waals surface area contributed by atoms with E-state index in [9.17, 15) is 0 Å². The number of nitrogens with zero attached hydrogens (tertiary/aromatic N) is 5. The molecule has 2 aliphatic heterocycles. The highest BCUT2D eigenvalue weighted by Crippen LogP contribution is 2.43. The van der Waals surface area contributed by atoms with Gasteiger partial charge in [-0.15, -0.1) is 0 Å². The Bertz CT molecular complexity index is 1230. The SMILES string of the molecule is CC1(C)CCc2c(NCCN3CCOCC3)nc3oc4c(NCCN5CCOCC5)ncnc4c3c2C1. The van der Waals surface area contributed by atoms with Gasteiger partial charge in [0.1, 0.15) is 17.7 Å². The smallest absolute Gasteiger partial charge is 0.231 e. The predicted molar refractivity (Wildman–Crippen MR) is 144 cm³/mol. The fourth-order valence-corrected chi connectivity index (χ4v) is 5.79. The summed E-state index contributed by atoms with van der Waals surface area (Å²) in [6.07, 6.45) is 4.78. The van der Waals surface area contributed by atoms with Crippen LogP contribution < -0.4 is 10.6 Å². The Morgan fingerprint density at radius 3 is 2.19 bits per heavy atom. The van der Waals surface area contributed by atoms with E-state index in [0.717, 1.165) is 121 Å². The van der Waals surface area contributed by atoms with Crippen LogP contribution in [-0.4, -0.2) is 104 Å². The molecular weight excluding hydrogens is 470 g/mol. The van der Waals surface area contributed by atoms with E-state index in [1.807, 2.05) is 0 Å². The lowest BCUT2D eigenvalue weighted by Crippen LogP contribution is -2.39. The predicted octanol–water partition coefficient (Wildman–Crippen LogP) is 2.77. The van der Waals surface area contributed by atoms with Crippen LogP contribution in [0.5, 0.6) is 0 Å². The molecular formula is C27H39N7O3. The molecule has 2 saturated heterocycles. The summed E-state index contributed by atoms with van der Waals surface area (Å²) in [5.41, 5.74) is 5.08. The number of anilines is 2. The Labute approximate surface area is 218 Å². The summed E-state index contributed by atoms with van der Waals surface area (Å²) in [7, 11) is 0. The van der Waals surface area contributed by atoms with Gasteiger partial charge in [-0.3, -0.25) is 9.80 Å². The number of ether oxygens (including phenoxy) is 2. The third-order valence-electron chi connectivity index (χ3n) is 7.97. The first-order chi connectivity index (χ1) is 18.1. The quantitative estimate of drug-likeness (QED) is 0.471. The summed E-state index contributed by atoms with van der Waals surface area (Å²) in [5, 5.41) is 8.19. The molecule has 0 radical (unpaired) electrons. The zero-order valence-electron chi connectivity index (χ0n) is 22.1. The zero-order valence-corrected chi connectivity index (χ0v) is 22.1. The number of rotatable bonds is 8. The number of morpholine rings is 2. The van der Waals surface area contributed by atoms with Crippen LogP contribution in [0.2, 0.25) is 0 Å². The number of hydrogen-bond acceptors (Lipinski definition) is 10. The van der Waals surface area contributed by atoms with Crippen LogP contribution in [0.4, 0.5) is 11.6 Å². The molecule has 0 spiro atoms. The van der Waals surface area contributed by atoms with Crippen molar-refractivity contribution in [1.82, 2.24) is 24.8 Å². The molecule has 0 saturated carbocycles. The van der Waals surface area contributed by atoms with Crippen molar-refractivity contribution in [3.05, 3.63) is 17.5 Å². The molecule has 2 fully saturated rings. The van der Waals surface area contributed by atoms with Crippen molar-refractivity contribution in [2.24, 2.45) is 5.41 Å². The van der Waals surface area contributed by atoms with Gasteiger partial charge < -0.3 is 24.5 Å². The van der Waals surface area contributed by atoms with Crippen molar-refractivity contribution in [1.29, 1.82) is 0 Å². The molecule has 3 aromatic rings. The van der Waals surface area contributed by atoms with Crippen molar-refractivity contribution >= 4 is 33.8 Å². The third-order valence-corrected chi connectivity index (χ3v) is 7.97. The van der Waals surface area contributed by atoms with Crippen molar-refractivity contribution < 1.29 is 13.9 Å². The van der Waals surface area contributed by atoms with E-state index < -0.39 is 0 Å². The fraction of sp³-hybridized carbons (Fsp3) is 0.667. The van der Waals surface area contributed by atoms with Gasteiger partial charge >= 0.3 is 0 Å². The highest BCUT2D eigenvalue weighted by molar-refractivity contribution is 6.07. The molecule has 0 aromatic carbocycles. The van der Waals surface area contributed by atoms with Gasteiger partial charge in [0.05, 0.1) is 31.8 Å². The second-order valence-corrected chi connectivity index (χ2v) is 11.2. The number of hydrogen-bond donors (Lipinski definition) is 2. The van der Waals surface area contributed by atoms with E-state index in [4.69, 9.17) is 18.9 Å². The topological polar surface area (TPSA) is 101 Å². The first kappa shape index (κ1) is 24.8. The molecule has 10 heteroatoms. The summed E-state index contributed by atoms with van der Waals surface area (Å²) in [6.45, 7) is 15.4. The standard InChI is InChI=1S/C27H39N7O3/c1-27(2)4-3-19-20(17-27)21-22-23(25(31-18-30-22)29-6-8-34-11-15-36-16-12-34)37-26(21)32-24(19)28-5-7-33-9-13-35-14-10-33/h18H,3-17H2,1-2H3,(H,28,32)(H,29,30,31). The van der Waals surface area contributed by atoms with E-state index in [1.165, 1.54) is 11.1 Å². The molecule has 0 amide bonds. The van der Waals surface area contributed by atoms with Crippen LogP contribution in [0.15, 0.2) is 10.7 Å². The summed E-state index contributed by atoms with van der Waals surface area (Å²) in [6, 6.07) is 0. The average molecular weight is 510 g/mol. The van der Waals surface area contributed by atoms with Gasteiger partial charge in [-0.2, -0.15) is 4.98 Å². The fourth-order valence-electron chi connectivity index (χ4n) is 5.79. The van der Waals surface area contributed by atoms with Crippen LogP contribution in [0.3, 0.4) is 0 Å². The lowest BCUT2D eigenvalue weighted by Gasteiger charge is -2.32. The molecule has 0 unspecified atom stereocenters. The summed E-state index contributed by atoms with van der Waals surface area (Å²) in [4.78, 5) is 19.1. The molecule has 5 heterocycles. The number of furan rings is 1. The molecule has 0 atom stereocenters. The van der Waals surface area contributed by atoms with Gasteiger partial charge in [-0.25, -0.2) is 9.97 Å². The van der Waals surface area contributed by atoms with Crippen LogP contribution in [0.1, 0.15) is 31.4 Å². The Morgan fingerprint density at radius 1 is 0.865 bits per heavy atom. The average Bonchev–Trinajstić information content (AvgIpc) is 3.29. The summed E-state index contributed by atoms with van der Waals surface area (Å²) < 4.78 is 17.4. The minimum absolute atomic E-state index is 0.224. The number of fused-ring (bicyclic) bond motifs is 5. The van der Waals surface area contributed by atoms with Gasteiger partial charge in [0.25, 0.3) is 0 Å². The van der Waals surface area contributed by atoms with E-state index in [0.29, 0.717) is 11.3 Å². The van der Waals surface area contributed by atoms with Gasteiger partial charge in [-0.1, -0.05) is 13.8 Å². The van der Waals surface area contributed by atoms with Crippen molar-refractivity contribution in [3.63, 3.8) is 0 Å². The van der Waals surface area contributed by atoms with Gasteiger partial charge in [0.15, 0.2) is 11.4 Å². The van der Waals surface area contributed by atoms with E-state index >= 15 is 0 Å². The molecule has 0 bridgehead atoms. The second-order valence-electron chi connectivity index (χ2n) is 11.2. The lowest BCUT2D eigenvalue weighted by atomic mass is 9.74. The molecule has 1 aliphatic carbocycles. The monoisotopic (exact) mass is 509 g/mol. The zero-order chi connectivity index (χ0) is 25.2. The van der Waals surface area contributed by atoms with Crippen molar-refractivity contribution in [2.75, 3.05) is 89.4 Å². The molecule has 3 aromatic heterocycles. The second kappa shape index (κ2) is 10.7. The Kier molecular flexibility index (Phi) is 7.16. The van der Waals surface area contributed by atoms with Crippen LogP contribution in [0.25, 0.3) is 22.2 Å². The summed E-state index contributed by atoms with van der Waals surface area (Å²) in [5.74, 6) is 1.70. The Balaban J connectivity index is 1.28. The first-order valence-electron chi connectivity index (χ1n) is 13.7. The molecule has 10 nitrogen and oxygen atoms in total. The molecule has 6 rings (SSSR count). The van der Waals surface area contributed by atoms with Crippen LogP contribution >= 0.6 is 0 Å². The summed E-state index contributed by atoms with van der Waals surface area (Å²) >= 11 is 0. The Morgan fingerprint density at radius 2 is 1.51 bits per heavy atom. The number of aromatic nitrogens is 3. The van der Waals surface area contributed by atoms with E-state index in [2.05, 4.69) is 44.2 Å². The van der Waals surface area contributed by atoms with Crippen LogP contribution in [0, 0.1) is 5.41 Å². The minimum atomic E-state index is 0.224. The maximum Gasteiger partial charge on any atom is 0.231 e. The van der Waals surface area contributed by atoms with Crippen molar-refractivity contribution in [2.45, 2.75) is 33.1 Å². The first-order valence-corrected chi connectivity index (χ1v) is 13.7. The van der Waals surface area contributed by atoms with Gasteiger partial charge in [-0.05, 0) is 35.8 Å². The van der Waals surface area contributed by atoms with Crippen LogP contribution in [-0.2, 0) is 22.3 Å². The number of nitrogens with one attached hydrogen (secondary N) is 2. The van der Waals surface area contributed by atoms with E-state index in [1.54, 1.807) is 6.33 Å². The third kappa shape index (κ3) is 5.38. The molecule has 200 valence electrons. The minimum Gasteiger partial charge on any atom is -0.432 e. The Hall–Kier alpha value is -2.53. The highest BCUT2D eigenvalue weighted by Gasteiger charge is 2.32.